The number of carbonyl (C=O) groups excluding carboxylic acids is 1. The number of rotatable bonds is 5. The summed E-state index contributed by atoms with van der Waals surface area (Å²) in [6.45, 7) is 1.98. The lowest BCUT2D eigenvalue weighted by atomic mass is 10.2. The smallest absolute Gasteiger partial charge is 0.239 e. The van der Waals surface area contributed by atoms with Crippen LogP contribution in [0.25, 0.3) is 10.2 Å². The highest BCUT2D eigenvalue weighted by Crippen LogP contribution is 2.26. The summed E-state index contributed by atoms with van der Waals surface area (Å²) in [5.41, 5.74) is 3.57. The summed E-state index contributed by atoms with van der Waals surface area (Å²) in [6.07, 6.45) is 1.80. The summed E-state index contributed by atoms with van der Waals surface area (Å²) in [5, 5.41) is 4.09. The van der Waals surface area contributed by atoms with Crippen LogP contribution in [-0.2, 0) is 17.6 Å². The zero-order valence-corrected chi connectivity index (χ0v) is 14.2. The Bertz CT molecular complexity index is 841. The lowest BCUT2D eigenvalue weighted by Crippen LogP contribution is -2.37. The molecule has 1 N–H and O–H groups in total. The molecule has 0 aliphatic carbocycles. The van der Waals surface area contributed by atoms with E-state index in [0.717, 1.165) is 29.9 Å². The highest BCUT2D eigenvalue weighted by molar-refractivity contribution is 7.18. The van der Waals surface area contributed by atoms with Crippen molar-refractivity contribution in [1.82, 2.24) is 10.3 Å². The second kappa shape index (κ2) is 6.61. The van der Waals surface area contributed by atoms with Crippen molar-refractivity contribution in [2.24, 2.45) is 0 Å². The molecule has 0 unspecified atom stereocenters. The van der Waals surface area contributed by atoms with Crippen LogP contribution < -0.4 is 10.2 Å². The predicted octanol–water partition coefficient (Wildman–Crippen LogP) is 3.02. The molecule has 122 valence electrons. The van der Waals surface area contributed by atoms with Gasteiger partial charge in [0, 0.05) is 25.2 Å². The first-order chi connectivity index (χ1) is 11.8. The van der Waals surface area contributed by atoms with Crippen LogP contribution >= 0.6 is 11.3 Å². The predicted molar refractivity (Wildman–Crippen MR) is 98.7 cm³/mol. The molecule has 0 saturated heterocycles. The first kappa shape index (κ1) is 15.1. The monoisotopic (exact) mass is 337 g/mol. The molecule has 1 aliphatic rings. The molecule has 3 aromatic rings. The Morgan fingerprint density at radius 1 is 1.17 bits per heavy atom. The molecule has 4 rings (SSSR count). The van der Waals surface area contributed by atoms with E-state index in [1.165, 1.54) is 16.0 Å². The van der Waals surface area contributed by atoms with E-state index in [9.17, 15) is 4.79 Å². The molecule has 24 heavy (non-hydrogen) atoms. The molecule has 5 heteroatoms. The number of anilines is 1. The van der Waals surface area contributed by atoms with Gasteiger partial charge in [0.2, 0.25) is 5.91 Å². The average molecular weight is 337 g/mol. The summed E-state index contributed by atoms with van der Waals surface area (Å²) in [7, 11) is 0. The maximum Gasteiger partial charge on any atom is 0.239 e. The van der Waals surface area contributed by atoms with E-state index >= 15 is 0 Å². The van der Waals surface area contributed by atoms with Crippen molar-refractivity contribution in [3.63, 3.8) is 0 Å². The number of hydrogen-bond acceptors (Lipinski definition) is 4. The largest absolute Gasteiger partial charge is 0.362 e. The Morgan fingerprint density at radius 3 is 2.92 bits per heavy atom. The molecule has 2 aromatic carbocycles. The van der Waals surface area contributed by atoms with Crippen LogP contribution in [0.5, 0.6) is 0 Å². The Hall–Kier alpha value is -2.40. The van der Waals surface area contributed by atoms with Crippen molar-refractivity contribution in [1.29, 1.82) is 0 Å². The fourth-order valence-electron chi connectivity index (χ4n) is 3.14. The summed E-state index contributed by atoms with van der Waals surface area (Å²) in [4.78, 5) is 19.0. The van der Waals surface area contributed by atoms with Crippen molar-refractivity contribution in [2.45, 2.75) is 12.8 Å². The number of para-hydroxylation sites is 2. The summed E-state index contributed by atoms with van der Waals surface area (Å²) >= 11 is 1.70. The van der Waals surface area contributed by atoms with E-state index in [2.05, 4.69) is 39.5 Å². The molecule has 0 atom stereocenters. The van der Waals surface area contributed by atoms with Crippen LogP contribution in [0.1, 0.15) is 10.6 Å². The van der Waals surface area contributed by atoms with Gasteiger partial charge in [-0.1, -0.05) is 30.3 Å². The average Bonchev–Trinajstić information content (AvgIpc) is 3.19. The van der Waals surface area contributed by atoms with E-state index in [0.29, 0.717) is 13.1 Å². The van der Waals surface area contributed by atoms with Crippen molar-refractivity contribution in [2.75, 3.05) is 24.5 Å². The number of nitrogens with one attached hydrogen (secondary N) is 1. The van der Waals surface area contributed by atoms with Gasteiger partial charge in [0.1, 0.15) is 0 Å². The number of amides is 1. The highest BCUT2D eigenvalue weighted by atomic mass is 32.1. The first-order valence-electron chi connectivity index (χ1n) is 8.23. The van der Waals surface area contributed by atoms with Gasteiger partial charge in [0.25, 0.3) is 0 Å². The SMILES string of the molecule is O=C(CN1CCc2ccccc21)NCCc1nc2ccccc2s1. The summed E-state index contributed by atoms with van der Waals surface area (Å²) in [5.74, 6) is 0.0767. The third kappa shape index (κ3) is 3.12. The molecule has 1 aliphatic heterocycles. The summed E-state index contributed by atoms with van der Waals surface area (Å²) in [6, 6.07) is 16.5. The van der Waals surface area contributed by atoms with Crippen LogP contribution in [-0.4, -0.2) is 30.5 Å². The molecule has 0 saturated carbocycles. The minimum Gasteiger partial charge on any atom is -0.362 e. The maximum absolute atomic E-state index is 12.2. The normalized spacial score (nSPS) is 13.2. The molecule has 0 radical (unpaired) electrons. The van der Waals surface area contributed by atoms with E-state index in [-0.39, 0.29) is 5.91 Å². The molecule has 1 aromatic heterocycles. The van der Waals surface area contributed by atoms with Gasteiger partial charge < -0.3 is 10.2 Å². The van der Waals surface area contributed by atoms with Gasteiger partial charge >= 0.3 is 0 Å². The topological polar surface area (TPSA) is 45.2 Å². The minimum absolute atomic E-state index is 0.0767. The molecule has 4 nitrogen and oxygen atoms in total. The van der Waals surface area contributed by atoms with Gasteiger partial charge in [-0.05, 0) is 30.2 Å². The van der Waals surface area contributed by atoms with Crippen LogP contribution in [0.15, 0.2) is 48.5 Å². The zero-order chi connectivity index (χ0) is 16.4. The molecule has 0 fully saturated rings. The number of nitrogens with zero attached hydrogens (tertiary/aromatic N) is 2. The number of aromatic nitrogens is 1. The fraction of sp³-hybridized carbons (Fsp3) is 0.263. The molecule has 1 amide bonds. The van der Waals surface area contributed by atoms with Crippen LogP contribution in [0.3, 0.4) is 0 Å². The van der Waals surface area contributed by atoms with Gasteiger partial charge in [0.15, 0.2) is 0 Å². The number of thiazole rings is 1. The highest BCUT2D eigenvalue weighted by Gasteiger charge is 2.20. The molecule has 0 spiro atoms. The maximum atomic E-state index is 12.2. The third-order valence-electron chi connectivity index (χ3n) is 4.32. The molecule has 0 bridgehead atoms. The van der Waals surface area contributed by atoms with Gasteiger partial charge in [-0.2, -0.15) is 0 Å². The zero-order valence-electron chi connectivity index (χ0n) is 13.4. The van der Waals surface area contributed by atoms with Crippen LogP contribution in [0.2, 0.25) is 0 Å². The Morgan fingerprint density at radius 2 is 2.00 bits per heavy atom. The van der Waals surface area contributed by atoms with Gasteiger partial charge in [-0.15, -0.1) is 11.3 Å². The van der Waals surface area contributed by atoms with Crippen molar-refractivity contribution in [3.05, 3.63) is 59.1 Å². The number of fused-ring (bicyclic) bond motifs is 2. The van der Waals surface area contributed by atoms with Gasteiger partial charge in [-0.25, -0.2) is 4.98 Å². The Kier molecular flexibility index (Phi) is 4.17. The standard InChI is InChI=1S/C19H19N3OS/c23-18(13-22-12-10-14-5-1-3-7-16(14)22)20-11-9-19-21-15-6-2-4-8-17(15)24-19/h1-8H,9-13H2,(H,20,23). The van der Waals surface area contributed by atoms with Gasteiger partial charge in [-0.3, -0.25) is 4.79 Å². The van der Waals surface area contributed by atoms with E-state index in [1.807, 2.05) is 24.3 Å². The number of hydrogen-bond donors (Lipinski definition) is 1. The Balaban J connectivity index is 1.29. The third-order valence-corrected chi connectivity index (χ3v) is 5.41. The fourth-order valence-corrected chi connectivity index (χ4v) is 4.10. The van der Waals surface area contributed by atoms with E-state index < -0.39 is 0 Å². The van der Waals surface area contributed by atoms with Crippen molar-refractivity contribution >= 4 is 33.1 Å². The molecular weight excluding hydrogens is 318 g/mol. The van der Waals surface area contributed by atoms with E-state index in [1.54, 1.807) is 11.3 Å². The summed E-state index contributed by atoms with van der Waals surface area (Å²) < 4.78 is 1.20. The first-order valence-corrected chi connectivity index (χ1v) is 9.05. The second-order valence-electron chi connectivity index (χ2n) is 5.98. The van der Waals surface area contributed by atoms with Crippen molar-refractivity contribution in [3.8, 4) is 0 Å². The van der Waals surface area contributed by atoms with Crippen LogP contribution in [0, 0.1) is 0 Å². The van der Waals surface area contributed by atoms with E-state index in [4.69, 9.17) is 0 Å². The van der Waals surface area contributed by atoms with Crippen molar-refractivity contribution < 1.29 is 4.79 Å². The van der Waals surface area contributed by atoms with Gasteiger partial charge in [0.05, 0.1) is 21.8 Å². The molecule has 2 heterocycles. The lowest BCUT2D eigenvalue weighted by Gasteiger charge is -2.18. The second-order valence-corrected chi connectivity index (χ2v) is 7.09. The van der Waals surface area contributed by atoms with Crippen LogP contribution in [0.4, 0.5) is 5.69 Å². The Labute approximate surface area is 145 Å². The number of carbonyl (C=O) groups is 1. The molecular formula is C19H19N3OS. The number of benzene rings is 2. The minimum atomic E-state index is 0.0767. The quantitative estimate of drug-likeness (QED) is 0.778. The lowest BCUT2D eigenvalue weighted by molar-refractivity contribution is -0.119.